The minimum Gasteiger partial charge on any atom is -0.330 e. The van der Waals surface area contributed by atoms with Gasteiger partial charge in [-0.3, -0.25) is 15.0 Å². The molecule has 0 aliphatic carbocycles. The Labute approximate surface area is 113 Å². The lowest BCUT2D eigenvalue weighted by Crippen LogP contribution is -2.37. The Bertz CT molecular complexity index is 425. The zero-order valence-corrected chi connectivity index (χ0v) is 11.3. The van der Waals surface area contributed by atoms with Gasteiger partial charge in [-0.05, 0) is 50.9 Å². The van der Waals surface area contributed by atoms with Crippen LogP contribution in [-0.4, -0.2) is 29.5 Å². The van der Waals surface area contributed by atoms with Crippen LogP contribution in [0, 0.1) is 16.0 Å². The topological polar surface area (TPSA) is 72.4 Å². The zero-order valence-electron chi connectivity index (χ0n) is 11.3. The first-order chi connectivity index (χ1) is 9.11. The van der Waals surface area contributed by atoms with E-state index < -0.39 is 0 Å². The summed E-state index contributed by atoms with van der Waals surface area (Å²) in [6.45, 7) is 5.05. The van der Waals surface area contributed by atoms with Gasteiger partial charge in [-0.15, -0.1) is 0 Å². The molecule has 0 saturated carbocycles. The van der Waals surface area contributed by atoms with Crippen LogP contribution in [0.4, 0.5) is 5.69 Å². The van der Waals surface area contributed by atoms with E-state index in [4.69, 9.17) is 5.73 Å². The molecule has 1 aromatic carbocycles. The van der Waals surface area contributed by atoms with Crippen LogP contribution in [0.25, 0.3) is 0 Å². The van der Waals surface area contributed by atoms with Gasteiger partial charge in [0.1, 0.15) is 0 Å². The van der Waals surface area contributed by atoms with Crippen LogP contribution in [0.1, 0.15) is 31.4 Å². The van der Waals surface area contributed by atoms with Crippen LogP contribution >= 0.6 is 0 Å². The standard InChI is InChI=1S/C14H21N3O2/c1-11(16-8-6-12(10-15)7-9-16)13-2-4-14(5-3-13)17(18)19/h2-5,11-12H,6-10,15H2,1H3. The van der Waals surface area contributed by atoms with Crippen LogP contribution in [0.3, 0.4) is 0 Å². The molecule has 19 heavy (non-hydrogen) atoms. The van der Waals surface area contributed by atoms with Crippen molar-refractivity contribution in [1.29, 1.82) is 0 Å². The van der Waals surface area contributed by atoms with E-state index in [1.807, 2.05) is 12.1 Å². The first-order valence-electron chi connectivity index (χ1n) is 6.80. The average Bonchev–Trinajstić information content (AvgIpc) is 2.46. The maximum atomic E-state index is 10.6. The Balaban J connectivity index is 1.99. The van der Waals surface area contributed by atoms with Crippen molar-refractivity contribution in [2.75, 3.05) is 19.6 Å². The molecule has 1 unspecified atom stereocenters. The van der Waals surface area contributed by atoms with Crippen molar-refractivity contribution in [3.8, 4) is 0 Å². The molecule has 1 atom stereocenters. The van der Waals surface area contributed by atoms with Gasteiger partial charge in [0.2, 0.25) is 0 Å². The second-order valence-corrected chi connectivity index (χ2v) is 5.24. The van der Waals surface area contributed by atoms with E-state index in [9.17, 15) is 10.1 Å². The van der Waals surface area contributed by atoms with Crippen LogP contribution in [0.15, 0.2) is 24.3 Å². The molecule has 0 aromatic heterocycles. The Morgan fingerprint density at radius 3 is 2.42 bits per heavy atom. The van der Waals surface area contributed by atoms with Gasteiger partial charge in [0.15, 0.2) is 0 Å². The number of nitrogens with two attached hydrogens (primary N) is 1. The normalized spacial score (nSPS) is 19.3. The average molecular weight is 263 g/mol. The van der Waals surface area contributed by atoms with Crippen molar-refractivity contribution in [1.82, 2.24) is 4.90 Å². The van der Waals surface area contributed by atoms with Gasteiger partial charge < -0.3 is 5.73 Å². The van der Waals surface area contributed by atoms with Crippen molar-refractivity contribution in [2.45, 2.75) is 25.8 Å². The lowest BCUT2D eigenvalue weighted by Gasteiger charge is -2.35. The SMILES string of the molecule is CC(c1ccc([N+](=O)[O-])cc1)N1CCC(CN)CC1. The number of piperidine rings is 1. The Kier molecular flexibility index (Phi) is 4.50. The van der Waals surface area contributed by atoms with E-state index in [0.29, 0.717) is 12.0 Å². The first-order valence-corrected chi connectivity index (χ1v) is 6.80. The summed E-state index contributed by atoms with van der Waals surface area (Å²) >= 11 is 0. The highest BCUT2D eigenvalue weighted by Crippen LogP contribution is 2.27. The predicted octanol–water partition coefficient (Wildman–Crippen LogP) is 2.33. The lowest BCUT2D eigenvalue weighted by atomic mass is 9.95. The van der Waals surface area contributed by atoms with Gasteiger partial charge in [0.25, 0.3) is 5.69 Å². The largest absolute Gasteiger partial charge is 0.330 e. The van der Waals surface area contributed by atoms with E-state index in [1.165, 1.54) is 0 Å². The highest BCUT2D eigenvalue weighted by molar-refractivity contribution is 5.34. The van der Waals surface area contributed by atoms with Crippen LogP contribution in [0.5, 0.6) is 0 Å². The summed E-state index contributed by atoms with van der Waals surface area (Å²) in [5.74, 6) is 0.653. The second kappa shape index (κ2) is 6.12. The molecule has 1 aliphatic heterocycles. The summed E-state index contributed by atoms with van der Waals surface area (Å²) in [5.41, 5.74) is 6.99. The molecule has 2 rings (SSSR count). The zero-order chi connectivity index (χ0) is 13.8. The molecule has 0 bridgehead atoms. The molecule has 0 spiro atoms. The molecule has 1 aromatic rings. The molecule has 1 heterocycles. The van der Waals surface area contributed by atoms with Crippen LogP contribution < -0.4 is 5.73 Å². The monoisotopic (exact) mass is 263 g/mol. The molecule has 0 amide bonds. The lowest BCUT2D eigenvalue weighted by molar-refractivity contribution is -0.384. The minimum absolute atomic E-state index is 0.151. The molecule has 5 nitrogen and oxygen atoms in total. The van der Waals surface area contributed by atoms with Crippen molar-refractivity contribution in [3.63, 3.8) is 0 Å². The highest BCUT2D eigenvalue weighted by atomic mass is 16.6. The van der Waals surface area contributed by atoms with E-state index in [1.54, 1.807) is 12.1 Å². The third-order valence-electron chi connectivity index (χ3n) is 4.12. The van der Waals surface area contributed by atoms with Gasteiger partial charge >= 0.3 is 0 Å². The summed E-state index contributed by atoms with van der Waals surface area (Å²) < 4.78 is 0. The molecule has 0 radical (unpaired) electrons. The van der Waals surface area contributed by atoms with Crippen molar-refractivity contribution in [3.05, 3.63) is 39.9 Å². The fourth-order valence-electron chi connectivity index (χ4n) is 2.66. The fraction of sp³-hybridized carbons (Fsp3) is 0.571. The summed E-state index contributed by atoms with van der Waals surface area (Å²) in [6.07, 6.45) is 2.29. The van der Waals surface area contributed by atoms with Crippen molar-refractivity contribution in [2.24, 2.45) is 11.7 Å². The minimum atomic E-state index is -0.360. The molecular weight excluding hydrogens is 242 g/mol. The van der Waals surface area contributed by atoms with E-state index >= 15 is 0 Å². The number of non-ortho nitro benzene ring substituents is 1. The molecular formula is C14H21N3O2. The van der Waals surface area contributed by atoms with Gasteiger partial charge in [0, 0.05) is 18.2 Å². The molecule has 2 N–H and O–H groups in total. The van der Waals surface area contributed by atoms with Gasteiger partial charge in [-0.1, -0.05) is 12.1 Å². The quantitative estimate of drug-likeness (QED) is 0.668. The van der Waals surface area contributed by atoms with E-state index in [2.05, 4.69) is 11.8 Å². The molecule has 5 heteroatoms. The summed E-state index contributed by atoms with van der Waals surface area (Å²) in [4.78, 5) is 12.7. The fourth-order valence-corrected chi connectivity index (χ4v) is 2.66. The number of likely N-dealkylation sites (tertiary alicyclic amines) is 1. The summed E-state index contributed by atoms with van der Waals surface area (Å²) in [6, 6.07) is 7.19. The van der Waals surface area contributed by atoms with Gasteiger partial charge in [0.05, 0.1) is 4.92 Å². The third kappa shape index (κ3) is 3.30. The third-order valence-corrected chi connectivity index (χ3v) is 4.12. The first kappa shape index (κ1) is 14.0. The summed E-state index contributed by atoms with van der Waals surface area (Å²) in [7, 11) is 0. The van der Waals surface area contributed by atoms with Crippen molar-refractivity contribution >= 4 is 5.69 Å². The summed E-state index contributed by atoms with van der Waals surface area (Å²) in [5, 5.41) is 10.6. The maximum absolute atomic E-state index is 10.6. The van der Waals surface area contributed by atoms with Crippen LogP contribution in [-0.2, 0) is 0 Å². The van der Waals surface area contributed by atoms with E-state index in [-0.39, 0.29) is 10.6 Å². The Morgan fingerprint density at radius 1 is 1.37 bits per heavy atom. The molecule has 104 valence electrons. The van der Waals surface area contributed by atoms with Gasteiger partial charge in [-0.25, -0.2) is 0 Å². The Hall–Kier alpha value is -1.46. The number of hydrogen-bond acceptors (Lipinski definition) is 4. The smallest absolute Gasteiger partial charge is 0.269 e. The number of rotatable bonds is 4. The predicted molar refractivity (Wildman–Crippen MR) is 74.9 cm³/mol. The van der Waals surface area contributed by atoms with Gasteiger partial charge in [-0.2, -0.15) is 0 Å². The van der Waals surface area contributed by atoms with E-state index in [0.717, 1.165) is 38.0 Å². The highest BCUT2D eigenvalue weighted by Gasteiger charge is 2.22. The maximum Gasteiger partial charge on any atom is 0.269 e. The second-order valence-electron chi connectivity index (χ2n) is 5.24. The molecule has 1 fully saturated rings. The molecule has 1 aliphatic rings. The Morgan fingerprint density at radius 2 is 1.95 bits per heavy atom. The number of nitro groups is 1. The number of benzene rings is 1. The van der Waals surface area contributed by atoms with Crippen molar-refractivity contribution < 1.29 is 4.92 Å². The number of hydrogen-bond donors (Lipinski definition) is 1. The number of nitro benzene ring substituents is 1. The number of nitrogens with zero attached hydrogens (tertiary/aromatic N) is 2. The molecule has 1 saturated heterocycles. The van der Waals surface area contributed by atoms with Crippen LogP contribution in [0.2, 0.25) is 0 Å².